The minimum Gasteiger partial charge on any atom is -0.380 e. The van der Waals surface area contributed by atoms with Gasteiger partial charge in [0, 0.05) is 29.2 Å². The average Bonchev–Trinajstić information content (AvgIpc) is 3.01. The Bertz CT molecular complexity index is 799. The third-order valence-electron chi connectivity index (χ3n) is 3.65. The summed E-state index contributed by atoms with van der Waals surface area (Å²) in [5.41, 5.74) is 1.69. The van der Waals surface area contributed by atoms with Crippen molar-refractivity contribution in [3.63, 3.8) is 0 Å². The summed E-state index contributed by atoms with van der Waals surface area (Å²) < 4.78 is 0. The molecule has 3 nitrogen and oxygen atoms in total. The molecule has 22 heavy (non-hydrogen) atoms. The number of benzene rings is 1. The summed E-state index contributed by atoms with van der Waals surface area (Å²) in [4.78, 5) is 9.20. The zero-order valence-electron chi connectivity index (χ0n) is 12.2. The fourth-order valence-corrected chi connectivity index (χ4v) is 3.34. The van der Waals surface area contributed by atoms with E-state index in [2.05, 4.69) is 9.97 Å². The fraction of sp³-hybridized carbons (Fsp3) is 0.176. The number of thiazole rings is 1. The molecule has 2 aromatic heterocycles. The van der Waals surface area contributed by atoms with Crippen LogP contribution in [0.5, 0.6) is 0 Å². The predicted octanol–water partition coefficient (Wildman–Crippen LogP) is 4.42. The van der Waals surface area contributed by atoms with Gasteiger partial charge in [-0.3, -0.25) is 4.98 Å². The van der Waals surface area contributed by atoms with E-state index in [9.17, 15) is 5.11 Å². The highest BCUT2D eigenvalue weighted by molar-refractivity contribution is 7.15. The highest BCUT2D eigenvalue weighted by Gasteiger charge is 2.28. The van der Waals surface area contributed by atoms with E-state index in [1.54, 1.807) is 25.5 Å². The largest absolute Gasteiger partial charge is 0.380 e. The summed E-state index contributed by atoms with van der Waals surface area (Å²) >= 11 is 7.64. The van der Waals surface area contributed by atoms with Gasteiger partial charge in [-0.15, -0.1) is 11.3 Å². The molecule has 2 heterocycles. The highest BCUT2D eigenvalue weighted by Crippen LogP contribution is 2.36. The van der Waals surface area contributed by atoms with Gasteiger partial charge in [-0.2, -0.15) is 0 Å². The van der Waals surface area contributed by atoms with Gasteiger partial charge in [-0.05, 0) is 43.2 Å². The Kier molecular flexibility index (Phi) is 4.00. The van der Waals surface area contributed by atoms with Crippen LogP contribution in [0.1, 0.15) is 22.9 Å². The third kappa shape index (κ3) is 2.77. The molecule has 1 aromatic carbocycles. The standard InChI is InChI=1S/C17H15ClN2OS/c1-11-3-4-12(9-14(11)18)16-20-10-15(22-16)17(2,21)13-5-7-19-8-6-13/h3-10,21H,1-2H3. The van der Waals surface area contributed by atoms with Crippen LogP contribution in [0.3, 0.4) is 0 Å². The maximum atomic E-state index is 10.8. The maximum absolute atomic E-state index is 10.8. The lowest BCUT2D eigenvalue weighted by Crippen LogP contribution is -2.21. The van der Waals surface area contributed by atoms with E-state index in [0.29, 0.717) is 0 Å². The second-order valence-electron chi connectivity index (χ2n) is 5.30. The Hall–Kier alpha value is -1.75. The molecule has 5 heteroatoms. The van der Waals surface area contributed by atoms with Gasteiger partial charge in [0.05, 0.1) is 4.88 Å². The van der Waals surface area contributed by atoms with Crippen molar-refractivity contribution in [2.24, 2.45) is 0 Å². The first kappa shape index (κ1) is 15.2. The van der Waals surface area contributed by atoms with Gasteiger partial charge in [0.15, 0.2) is 0 Å². The summed E-state index contributed by atoms with van der Waals surface area (Å²) in [6.45, 7) is 3.73. The second kappa shape index (κ2) is 5.80. The molecule has 0 bridgehead atoms. The van der Waals surface area contributed by atoms with Crippen molar-refractivity contribution in [2.45, 2.75) is 19.4 Å². The first-order chi connectivity index (χ1) is 10.5. The number of pyridine rings is 1. The van der Waals surface area contributed by atoms with Crippen molar-refractivity contribution in [3.8, 4) is 10.6 Å². The van der Waals surface area contributed by atoms with Gasteiger partial charge in [0.25, 0.3) is 0 Å². The smallest absolute Gasteiger partial charge is 0.123 e. The van der Waals surface area contributed by atoms with Crippen LogP contribution in [-0.4, -0.2) is 15.1 Å². The van der Waals surface area contributed by atoms with Crippen LogP contribution in [0.2, 0.25) is 5.02 Å². The molecule has 1 unspecified atom stereocenters. The minimum absolute atomic E-state index is 0.718. The van der Waals surface area contributed by atoms with E-state index in [4.69, 9.17) is 11.6 Å². The predicted molar refractivity (Wildman–Crippen MR) is 90.2 cm³/mol. The van der Waals surface area contributed by atoms with Crippen molar-refractivity contribution in [2.75, 3.05) is 0 Å². The van der Waals surface area contributed by atoms with Crippen LogP contribution in [0.25, 0.3) is 10.6 Å². The maximum Gasteiger partial charge on any atom is 0.123 e. The second-order valence-corrected chi connectivity index (χ2v) is 6.74. The lowest BCUT2D eigenvalue weighted by molar-refractivity contribution is 0.106. The Morgan fingerprint density at radius 2 is 1.91 bits per heavy atom. The molecule has 3 aromatic rings. The number of halogens is 1. The van der Waals surface area contributed by atoms with Gasteiger partial charge in [0.1, 0.15) is 10.6 Å². The lowest BCUT2D eigenvalue weighted by atomic mass is 9.96. The summed E-state index contributed by atoms with van der Waals surface area (Å²) in [5, 5.41) is 12.4. The molecule has 3 rings (SSSR count). The molecule has 0 saturated carbocycles. The summed E-state index contributed by atoms with van der Waals surface area (Å²) in [6.07, 6.45) is 5.06. The quantitative estimate of drug-likeness (QED) is 0.773. The summed E-state index contributed by atoms with van der Waals surface area (Å²) in [5.74, 6) is 0. The van der Waals surface area contributed by atoms with Gasteiger partial charge in [-0.1, -0.05) is 23.7 Å². The number of aromatic nitrogens is 2. The number of hydrogen-bond acceptors (Lipinski definition) is 4. The highest BCUT2D eigenvalue weighted by atomic mass is 35.5. The van der Waals surface area contributed by atoms with E-state index in [0.717, 1.165) is 31.6 Å². The summed E-state index contributed by atoms with van der Waals surface area (Å²) in [7, 11) is 0. The number of aryl methyl sites for hydroxylation is 1. The number of nitrogens with zero attached hydrogens (tertiary/aromatic N) is 2. The van der Waals surface area contributed by atoms with Gasteiger partial charge in [0.2, 0.25) is 0 Å². The van der Waals surface area contributed by atoms with Crippen molar-refractivity contribution in [3.05, 3.63) is 69.9 Å². The molecule has 0 aliphatic rings. The number of rotatable bonds is 3. The SMILES string of the molecule is Cc1ccc(-c2ncc(C(C)(O)c3ccncc3)s2)cc1Cl. The minimum atomic E-state index is -1.09. The number of hydrogen-bond donors (Lipinski definition) is 1. The molecule has 1 N–H and O–H groups in total. The van der Waals surface area contributed by atoms with Gasteiger partial charge < -0.3 is 5.11 Å². The lowest BCUT2D eigenvalue weighted by Gasteiger charge is -2.21. The monoisotopic (exact) mass is 330 g/mol. The first-order valence-electron chi connectivity index (χ1n) is 6.84. The normalized spacial score (nSPS) is 13.8. The molecule has 0 radical (unpaired) electrons. The molecule has 0 amide bonds. The van der Waals surface area contributed by atoms with Crippen LogP contribution >= 0.6 is 22.9 Å². The van der Waals surface area contributed by atoms with Crippen LogP contribution in [0.15, 0.2) is 48.9 Å². The van der Waals surface area contributed by atoms with Crippen LogP contribution in [0.4, 0.5) is 0 Å². The zero-order valence-corrected chi connectivity index (χ0v) is 13.8. The third-order valence-corrected chi connectivity index (χ3v) is 5.31. The van der Waals surface area contributed by atoms with Crippen LogP contribution < -0.4 is 0 Å². The Labute approximate surface area is 138 Å². The van der Waals surface area contributed by atoms with Crippen molar-refractivity contribution >= 4 is 22.9 Å². The zero-order chi connectivity index (χ0) is 15.7. The summed E-state index contributed by atoms with van der Waals surface area (Å²) in [6, 6.07) is 9.48. The van der Waals surface area contributed by atoms with Crippen molar-refractivity contribution in [1.82, 2.24) is 9.97 Å². The van der Waals surface area contributed by atoms with Crippen LogP contribution in [-0.2, 0) is 5.60 Å². The average molecular weight is 331 g/mol. The fourth-order valence-electron chi connectivity index (χ4n) is 2.18. The first-order valence-corrected chi connectivity index (χ1v) is 8.03. The molecule has 0 fully saturated rings. The molecule has 0 spiro atoms. The van der Waals surface area contributed by atoms with Crippen molar-refractivity contribution in [1.29, 1.82) is 0 Å². The Balaban J connectivity index is 1.98. The van der Waals surface area contributed by atoms with E-state index in [1.807, 2.05) is 37.3 Å². The molecular formula is C17H15ClN2OS. The van der Waals surface area contributed by atoms with Gasteiger partial charge >= 0.3 is 0 Å². The van der Waals surface area contributed by atoms with E-state index >= 15 is 0 Å². The molecule has 1 atom stereocenters. The van der Waals surface area contributed by atoms with Gasteiger partial charge in [-0.25, -0.2) is 4.98 Å². The van der Waals surface area contributed by atoms with E-state index in [-0.39, 0.29) is 0 Å². The van der Waals surface area contributed by atoms with E-state index < -0.39 is 5.60 Å². The molecule has 0 aliphatic carbocycles. The molecule has 112 valence electrons. The number of aliphatic hydroxyl groups is 1. The van der Waals surface area contributed by atoms with Crippen LogP contribution in [0, 0.1) is 6.92 Å². The van der Waals surface area contributed by atoms with Crippen molar-refractivity contribution < 1.29 is 5.11 Å². The Morgan fingerprint density at radius 1 is 1.18 bits per heavy atom. The Morgan fingerprint density at radius 3 is 2.59 bits per heavy atom. The molecular weight excluding hydrogens is 316 g/mol. The molecule has 0 saturated heterocycles. The van der Waals surface area contributed by atoms with E-state index in [1.165, 1.54) is 11.3 Å². The molecule has 0 aliphatic heterocycles. The topological polar surface area (TPSA) is 46.0 Å².